The fourth-order valence-electron chi connectivity index (χ4n) is 3.97. The maximum atomic E-state index is 11.0. The first kappa shape index (κ1) is 15.3. The third kappa shape index (κ3) is 2.31. The summed E-state index contributed by atoms with van der Waals surface area (Å²) in [5, 5.41) is 15.4. The van der Waals surface area contributed by atoms with Gasteiger partial charge in [-0.15, -0.1) is 0 Å². The standard InChI is InChI=1S/C20H18ClNO2/c1-11-5-10-16(21)17-14-3-2-4-15(14)19(22-18(11)17)12-6-8-13(9-7-12)20(23)24/h2-3,5-10,14-15,19,22H,4H2,1H3,(H,23,24)/p-1/t14-,15+,19+/m1/s1. The molecule has 1 N–H and O–H groups in total. The molecular formula is C20H17ClNO2-. The van der Waals surface area contributed by atoms with Gasteiger partial charge in [0, 0.05) is 22.2 Å². The number of rotatable bonds is 2. The number of aromatic carboxylic acids is 1. The van der Waals surface area contributed by atoms with E-state index < -0.39 is 5.97 Å². The van der Waals surface area contributed by atoms with Crippen molar-refractivity contribution in [2.45, 2.75) is 25.3 Å². The molecule has 2 aromatic rings. The molecule has 0 bridgehead atoms. The van der Waals surface area contributed by atoms with Gasteiger partial charge in [-0.1, -0.05) is 54.1 Å². The van der Waals surface area contributed by atoms with Crippen LogP contribution in [0.5, 0.6) is 0 Å². The van der Waals surface area contributed by atoms with Crippen LogP contribution in [0.25, 0.3) is 0 Å². The van der Waals surface area contributed by atoms with Crippen LogP contribution in [0.2, 0.25) is 5.02 Å². The first-order valence-corrected chi connectivity index (χ1v) is 8.47. The number of aryl methyl sites for hydroxylation is 1. The molecular weight excluding hydrogens is 322 g/mol. The van der Waals surface area contributed by atoms with Gasteiger partial charge in [-0.05, 0) is 42.0 Å². The highest BCUT2D eigenvalue weighted by atomic mass is 35.5. The van der Waals surface area contributed by atoms with Crippen LogP contribution < -0.4 is 10.4 Å². The molecule has 3 atom stereocenters. The van der Waals surface area contributed by atoms with E-state index >= 15 is 0 Å². The summed E-state index contributed by atoms with van der Waals surface area (Å²) in [6, 6.07) is 11.1. The number of carbonyl (C=O) groups is 1. The van der Waals surface area contributed by atoms with Crippen molar-refractivity contribution in [1.82, 2.24) is 0 Å². The molecule has 0 radical (unpaired) electrons. The molecule has 0 unspecified atom stereocenters. The third-order valence-electron chi connectivity index (χ3n) is 5.18. The molecule has 2 aliphatic rings. The van der Waals surface area contributed by atoms with Crippen LogP contribution >= 0.6 is 11.6 Å². The van der Waals surface area contributed by atoms with E-state index in [1.165, 1.54) is 11.1 Å². The van der Waals surface area contributed by atoms with Gasteiger partial charge in [0.2, 0.25) is 0 Å². The molecule has 0 saturated carbocycles. The number of allylic oxidation sites excluding steroid dienone is 2. The lowest BCUT2D eigenvalue weighted by Gasteiger charge is -2.38. The number of nitrogens with one attached hydrogen (secondary N) is 1. The zero-order valence-electron chi connectivity index (χ0n) is 13.3. The summed E-state index contributed by atoms with van der Waals surface area (Å²) in [6.45, 7) is 2.08. The molecule has 1 heterocycles. The van der Waals surface area contributed by atoms with Crippen molar-refractivity contribution < 1.29 is 9.90 Å². The van der Waals surface area contributed by atoms with Gasteiger partial charge >= 0.3 is 0 Å². The second kappa shape index (κ2) is 5.67. The normalized spacial score (nSPS) is 24.2. The molecule has 0 amide bonds. The predicted octanol–water partition coefficient (Wildman–Crippen LogP) is 3.84. The van der Waals surface area contributed by atoms with Crippen molar-refractivity contribution in [3.8, 4) is 0 Å². The first-order chi connectivity index (χ1) is 11.6. The first-order valence-electron chi connectivity index (χ1n) is 8.10. The van der Waals surface area contributed by atoms with Crippen molar-refractivity contribution in [2.75, 3.05) is 5.32 Å². The number of hydrogen-bond donors (Lipinski definition) is 1. The van der Waals surface area contributed by atoms with E-state index in [4.69, 9.17) is 11.6 Å². The quantitative estimate of drug-likeness (QED) is 0.846. The summed E-state index contributed by atoms with van der Waals surface area (Å²) in [5.41, 5.74) is 4.74. The average molecular weight is 339 g/mol. The SMILES string of the molecule is Cc1ccc(Cl)c2c1N[C@@H](c1ccc(C(=O)[O-])cc1)[C@H]1CC=C[C@@H]21. The minimum absolute atomic E-state index is 0.130. The highest BCUT2D eigenvalue weighted by Crippen LogP contribution is 2.52. The predicted molar refractivity (Wildman–Crippen MR) is 93.3 cm³/mol. The maximum Gasteiger partial charge on any atom is 0.0715 e. The minimum Gasteiger partial charge on any atom is -0.545 e. The summed E-state index contributed by atoms with van der Waals surface area (Å²) in [6.07, 6.45) is 5.44. The van der Waals surface area contributed by atoms with Gasteiger partial charge in [0.05, 0.1) is 12.0 Å². The summed E-state index contributed by atoms with van der Waals surface area (Å²) in [5.74, 6) is -0.475. The van der Waals surface area contributed by atoms with Crippen LogP contribution in [0.15, 0.2) is 48.6 Å². The Morgan fingerprint density at radius 2 is 1.96 bits per heavy atom. The molecule has 1 aliphatic carbocycles. The Kier molecular flexibility index (Phi) is 3.61. The van der Waals surface area contributed by atoms with Gasteiger partial charge in [-0.2, -0.15) is 0 Å². The molecule has 0 aromatic heterocycles. The van der Waals surface area contributed by atoms with Crippen LogP contribution in [0, 0.1) is 12.8 Å². The zero-order valence-corrected chi connectivity index (χ0v) is 14.0. The monoisotopic (exact) mass is 338 g/mol. The maximum absolute atomic E-state index is 11.0. The van der Waals surface area contributed by atoms with Gasteiger partial charge in [-0.25, -0.2) is 0 Å². The summed E-state index contributed by atoms with van der Waals surface area (Å²) in [4.78, 5) is 11.0. The van der Waals surface area contributed by atoms with E-state index in [2.05, 4.69) is 24.4 Å². The molecule has 1 aliphatic heterocycles. The van der Waals surface area contributed by atoms with Crippen LogP contribution in [-0.4, -0.2) is 5.97 Å². The second-order valence-electron chi connectivity index (χ2n) is 6.54. The Morgan fingerprint density at radius 1 is 1.21 bits per heavy atom. The fourth-order valence-corrected chi connectivity index (χ4v) is 4.25. The molecule has 24 heavy (non-hydrogen) atoms. The van der Waals surface area contributed by atoms with Crippen LogP contribution in [0.1, 0.15) is 45.4 Å². The number of hydrogen-bond acceptors (Lipinski definition) is 3. The molecule has 2 aromatic carbocycles. The van der Waals surface area contributed by atoms with Gasteiger partial charge in [0.25, 0.3) is 0 Å². The second-order valence-corrected chi connectivity index (χ2v) is 6.95. The van der Waals surface area contributed by atoms with Crippen molar-refractivity contribution >= 4 is 23.3 Å². The number of carboxylic acid groups (broad SMARTS) is 1. The van der Waals surface area contributed by atoms with Crippen molar-refractivity contribution in [1.29, 1.82) is 0 Å². The van der Waals surface area contributed by atoms with Crippen LogP contribution in [0.3, 0.4) is 0 Å². The van der Waals surface area contributed by atoms with Crippen LogP contribution in [-0.2, 0) is 0 Å². The lowest BCUT2D eigenvalue weighted by Crippen LogP contribution is -2.30. The Hall–Kier alpha value is -2.26. The number of anilines is 1. The van der Waals surface area contributed by atoms with Gasteiger partial charge < -0.3 is 15.2 Å². The highest BCUT2D eigenvalue weighted by molar-refractivity contribution is 6.32. The molecule has 4 heteroatoms. The molecule has 0 spiro atoms. The molecule has 0 saturated heterocycles. The van der Waals surface area contributed by atoms with Gasteiger partial charge in [0.15, 0.2) is 0 Å². The summed E-state index contributed by atoms with van der Waals surface area (Å²) >= 11 is 6.48. The van der Waals surface area contributed by atoms with E-state index in [1.807, 2.05) is 24.3 Å². The largest absolute Gasteiger partial charge is 0.545 e. The Bertz CT molecular complexity index is 841. The average Bonchev–Trinajstić information content (AvgIpc) is 3.07. The third-order valence-corrected chi connectivity index (χ3v) is 5.51. The molecule has 122 valence electrons. The van der Waals surface area contributed by atoms with E-state index in [0.717, 1.165) is 22.7 Å². The summed E-state index contributed by atoms with van der Waals surface area (Å²) in [7, 11) is 0. The zero-order chi connectivity index (χ0) is 16.8. The molecule has 3 nitrogen and oxygen atoms in total. The van der Waals surface area contributed by atoms with E-state index in [9.17, 15) is 9.90 Å². The Labute approximate surface area is 146 Å². The lowest BCUT2D eigenvalue weighted by molar-refractivity contribution is -0.255. The molecule has 0 fully saturated rings. The number of carbonyl (C=O) groups excluding carboxylic acids is 1. The topological polar surface area (TPSA) is 52.2 Å². The lowest BCUT2D eigenvalue weighted by atomic mass is 9.76. The number of carboxylic acids is 1. The van der Waals surface area contributed by atoms with E-state index in [-0.39, 0.29) is 11.6 Å². The Balaban J connectivity index is 1.78. The fraction of sp³-hybridized carbons (Fsp3) is 0.250. The van der Waals surface area contributed by atoms with Crippen molar-refractivity contribution in [3.05, 3.63) is 75.8 Å². The minimum atomic E-state index is -1.15. The number of halogens is 1. The van der Waals surface area contributed by atoms with E-state index in [1.54, 1.807) is 12.1 Å². The van der Waals surface area contributed by atoms with Gasteiger partial charge in [-0.3, -0.25) is 0 Å². The smallest absolute Gasteiger partial charge is 0.0715 e. The highest BCUT2D eigenvalue weighted by Gasteiger charge is 2.39. The number of benzene rings is 2. The van der Waals surface area contributed by atoms with Crippen LogP contribution in [0.4, 0.5) is 5.69 Å². The van der Waals surface area contributed by atoms with E-state index in [0.29, 0.717) is 11.8 Å². The molecule has 4 rings (SSSR count). The van der Waals surface area contributed by atoms with Crippen molar-refractivity contribution in [3.63, 3.8) is 0 Å². The van der Waals surface area contributed by atoms with Crippen molar-refractivity contribution in [2.24, 2.45) is 5.92 Å². The van der Waals surface area contributed by atoms with Gasteiger partial charge in [0.1, 0.15) is 0 Å². The Morgan fingerprint density at radius 3 is 2.67 bits per heavy atom. The summed E-state index contributed by atoms with van der Waals surface area (Å²) < 4.78 is 0. The number of fused-ring (bicyclic) bond motifs is 3.